The van der Waals surface area contributed by atoms with Crippen LogP contribution in [-0.4, -0.2) is 23.3 Å². The van der Waals surface area contributed by atoms with Crippen molar-refractivity contribution >= 4 is 11.9 Å². The van der Waals surface area contributed by atoms with E-state index < -0.39 is 0 Å². The molecule has 1 aromatic rings. The highest BCUT2D eigenvalue weighted by Crippen LogP contribution is 2.32. The van der Waals surface area contributed by atoms with E-state index in [2.05, 4.69) is 52.1 Å². The lowest BCUT2D eigenvalue weighted by Gasteiger charge is -2.27. The van der Waals surface area contributed by atoms with Crippen molar-refractivity contribution in [2.75, 3.05) is 6.54 Å². The van der Waals surface area contributed by atoms with Gasteiger partial charge >= 0.3 is 6.03 Å². The Hall–Kier alpha value is -1.84. The van der Waals surface area contributed by atoms with Crippen molar-refractivity contribution in [2.45, 2.75) is 40.7 Å². The van der Waals surface area contributed by atoms with Crippen LogP contribution in [0.25, 0.3) is 0 Å². The van der Waals surface area contributed by atoms with E-state index in [4.69, 9.17) is 5.41 Å². The summed E-state index contributed by atoms with van der Waals surface area (Å²) in [5.74, 6) is 0.658. The summed E-state index contributed by atoms with van der Waals surface area (Å²) in [6.45, 7) is 11.0. The molecule has 4 heteroatoms. The van der Waals surface area contributed by atoms with E-state index in [1.54, 1.807) is 4.90 Å². The van der Waals surface area contributed by atoms with Gasteiger partial charge in [-0.05, 0) is 43.4 Å². The van der Waals surface area contributed by atoms with Crippen molar-refractivity contribution in [3.63, 3.8) is 0 Å². The van der Waals surface area contributed by atoms with E-state index in [1.807, 2.05) is 0 Å². The molecule has 0 aliphatic carbocycles. The summed E-state index contributed by atoms with van der Waals surface area (Å²) >= 11 is 0. The van der Waals surface area contributed by atoms with Gasteiger partial charge in [-0.25, -0.2) is 4.79 Å². The van der Waals surface area contributed by atoms with Crippen LogP contribution in [0.15, 0.2) is 12.1 Å². The zero-order chi connectivity index (χ0) is 15.0. The lowest BCUT2D eigenvalue weighted by atomic mass is 9.93. The summed E-state index contributed by atoms with van der Waals surface area (Å²) in [7, 11) is 0. The first-order valence-corrected chi connectivity index (χ1v) is 7.05. The van der Waals surface area contributed by atoms with Gasteiger partial charge in [-0.15, -0.1) is 0 Å². The maximum atomic E-state index is 12.1. The predicted molar refractivity (Wildman–Crippen MR) is 81.2 cm³/mol. The number of hydrogen-bond acceptors (Lipinski definition) is 2. The largest absolute Gasteiger partial charge is 0.323 e. The van der Waals surface area contributed by atoms with Gasteiger partial charge in [-0.1, -0.05) is 31.5 Å². The average Bonchev–Trinajstić information content (AvgIpc) is 2.54. The molecule has 2 N–H and O–H groups in total. The molecule has 1 aliphatic heterocycles. The zero-order valence-corrected chi connectivity index (χ0v) is 12.9. The molecule has 1 fully saturated rings. The number of amides is 2. The number of rotatable bonds is 3. The molecule has 0 spiro atoms. The Balaban J connectivity index is 2.48. The van der Waals surface area contributed by atoms with Crippen LogP contribution in [0.3, 0.4) is 0 Å². The summed E-state index contributed by atoms with van der Waals surface area (Å²) in [5, 5.41) is 10.8. The summed E-state index contributed by atoms with van der Waals surface area (Å²) in [5.41, 5.74) is 4.58. The predicted octanol–water partition coefficient (Wildman–Crippen LogP) is 3.31. The molecule has 2 rings (SSSR count). The van der Waals surface area contributed by atoms with Crippen LogP contribution < -0.4 is 5.32 Å². The van der Waals surface area contributed by atoms with E-state index in [0.29, 0.717) is 12.5 Å². The van der Waals surface area contributed by atoms with E-state index in [1.165, 1.54) is 5.56 Å². The van der Waals surface area contributed by atoms with Gasteiger partial charge in [-0.3, -0.25) is 10.7 Å². The van der Waals surface area contributed by atoms with Gasteiger partial charge in [0.15, 0.2) is 0 Å². The van der Waals surface area contributed by atoms with Gasteiger partial charge in [0.25, 0.3) is 0 Å². The van der Waals surface area contributed by atoms with Crippen LogP contribution in [0.4, 0.5) is 4.79 Å². The van der Waals surface area contributed by atoms with Crippen molar-refractivity contribution in [1.82, 2.24) is 10.2 Å². The fourth-order valence-electron chi connectivity index (χ4n) is 3.03. The molecule has 4 nitrogen and oxygen atoms in total. The molecule has 1 unspecified atom stereocenters. The third-order valence-corrected chi connectivity index (χ3v) is 3.66. The van der Waals surface area contributed by atoms with E-state index in [9.17, 15) is 4.79 Å². The Bertz CT molecular complexity index is 540. The molecule has 2 amide bonds. The summed E-state index contributed by atoms with van der Waals surface area (Å²) in [6.07, 6.45) is 0. The molecule has 0 bridgehead atoms. The number of benzene rings is 1. The highest BCUT2D eigenvalue weighted by Gasteiger charge is 2.38. The smallest absolute Gasteiger partial charge is 0.310 e. The molecular formula is C16H23N3O. The Morgan fingerprint density at radius 1 is 1.25 bits per heavy atom. The topological polar surface area (TPSA) is 56.2 Å². The first-order chi connectivity index (χ1) is 9.31. The SMILES string of the molecule is Cc1cc(C)c(C2C(=N)NC(=O)N2CC(C)C)c(C)c1. The van der Waals surface area contributed by atoms with Gasteiger partial charge in [0.1, 0.15) is 11.9 Å². The van der Waals surface area contributed by atoms with Gasteiger partial charge in [0.05, 0.1) is 0 Å². The third-order valence-electron chi connectivity index (χ3n) is 3.66. The van der Waals surface area contributed by atoms with Crippen molar-refractivity contribution in [3.05, 3.63) is 34.4 Å². The second-order valence-corrected chi connectivity index (χ2v) is 6.10. The lowest BCUT2D eigenvalue weighted by Crippen LogP contribution is -2.33. The lowest BCUT2D eigenvalue weighted by molar-refractivity contribution is 0.198. The molecule has 1 heterocycles. The van der Waals surface area contributed by atoms with Crippen LogP contribution in [0.2, 0.25) is 0 Å². The number of nitrogens with one attached hydrogen (secondary N) is 2. The second kappa shape index (κ2) is 5.27. The van der Waals surface area contributed by atoms with E-state index >= 15 is 0 Å². The third kappa shape index (κ3) is 2.55. The maximum absolute atomic E-state index is 12.1. The normalized spacial score (nSPS) is 18.9. The highest BCUT2D eigenvalue weighted by atomic mass is 16.2. The molecule has 20 heavy (non-hydrogen) atoms. The first kappa shape index (κ1) is 14.6. The van der Waals surface area contributed by atoms with Gasteiger partial charge < -0.3 is 4.90 Å². The fraction of sp³-hybridized carbons (Fsp3) is 0.500. The van der Waals surface area contributed by atoms with Crippen molar-refractivity contribution in [1.29, 1.82) is 5.41 Å². The Labute approximate surface area is 120 Å². The average molecular weight is 273 g/mol. The number of carbonyl (C=O) groups excluding carboxylic acids is 1. The molecule has 0 saturated carbocycles. The molecule has 0 radical (unpaired) electrons. The number of nitrogens with zero attached hydrogens (tertiary/aromatic N) is 1. The fourth-order valence-corrected chi connectivity index (χ4v) is 3.03. The monoisotopic (exact) mass is 273 g/mol. The summed E-state index contributed by atoms with van der Waals surface area (Å²) in [6, 6.07) is 3.80. The number of amidine groups is 1. The minimum atomic E-state index is -0.273. The minimum absolute atomic E-state index is 0.159. The molecule has 1 saturated heterocycles. The van der Waals surface area contributed by atoms with Crippen LogP contribution in [-0.2, 0) is 0 Å². The van der Waals surface area contributed by atoms with Gasteiger partial charge in [0, 0.05) is 6.54 Å². The first-order valence-electron chi connectivity index (χ1n) is 7.05. The highest BCUT2D eigenvalue weighted by molar-refractivity contribution is 6.06. The Kier molecular flexibility index (Phi) is 3.84. The van der Waals surface area contributed by atoms with Crippen LogP contribution in [0.1, 0.15) is 42.1 Å². The molecule has 1 aliphatic rings. The van der Waals surface area contributed by atoms with Crippen molar-refractivity contribution < 1.29 is 4.79 Å². The van der Waals surface area contributed by atoms with E-state index in [-0.39, 0.29) is 17.9 Å². The van der Waals surface area contributed by atoms with Crippen LogP contribution in [0, 0.1) is 32.1 Å². The zero-order valence-electron chi connectivity index (χ0n) is 12.9. The minimum Gasteiger partial charge on any atom is -0.310 e. The summed E-state index contributed by atoms with van der Waals surface area (Å²) in [4.78, 5) is 13.8. The quantitative estimate of drug-likeness (QED) is 0.872. The molecule has 1 aromatic carbocycles. The summed E-state index contributed by atoms with van der Waals surface area (Å²) < 4.78 is 0. The molecule has 1 atom stereocenters. The Morgan fingerprint density at radius 3 is 2.30 bits per heavy atom. The molecule has 0 aromatic heterocycles. The van der Waals surface area contributed by atoms with Crippen LogP contribution >= 0.6 is 0 Å². The van der Waals surface area contributed by atoms with Gasteiger partial charge in [0.2, 0.25) is 0 Å². The molecule has 108 valence electrons. The number of hydrogen-bond donors (Lipinski definition) is 2. The Morgan fingerprint density at radius 2 is 1.80 bits per heavy atom. The maximum Gasteiger partial charge on any atom is 0.323 e. The van der Waals surface area contributed by atoms with Crippen molar-refractivity contribution in [2.24, 2.45) is 5.92 Å². The second-order valence-electron chi connectivity index (χ2n) is 6.10. The molecular weight excluding hydrogens is 250 g/mol. The standard InChI is InChI=1S/C16H23N3O/c1-9(2)8-19-14(15(17)18-16(19)20)13-11(4)6-10(3)7-12(13)5/h6-7,9,14H,8H2,1-5H3,(H2,17,18,20). The van der Waals surface area contributed by atoms with E-state index in [0.717, 1.165) is 16.7 Å². The van der Waals surface area contributed by atoms with Gasteiger partial charge in [-0.2, -0.15) is 0 Å². The van der Waals surface area contributed by atoms with Crippen molar-refractivity contribution in [3.8, 4) is 0 Å². The number of urea groups is 1. The number of carbonyl (C=O) groups is 1. The van der Waals surface area contributed by atoms with Crippen LogP contribution in [0.5, 0.6) is 0 Å². The number of aryl methyl sites for hydroxylation is 3.